The van der Waals surface area contributed by atoms with Crippen molar-refractivity contribution < 1.29 is 14.7 Å². The fourth-order valence-corrected chi connectivity index (χ4v) is 5.40. The van der Waals surface area contributed by atoms with Crippen LogP contribution in [-0.2, 0) is 21.5 Å². The number of aliphatic hydroxyl groups excluding tert-OH is 1. The van der Waals surface area contributed by atoms with Gasteiger partial charge >= 0.3 is 0 Å². The number of nitrogens with zero attached hydrogens (tertiary/aromatic N) is 3. The molecule has 1 aromatic heterocycles. The van der Waals surface area contributed by atoms with Gasteiger partial charge in [-0.3, -0.25) is 9.59 Å². The number of aliphatic hydroxyl groups is 1. The number of aromatic nitrogens is 2. The summed E-state index contributed by atoms with van der Waals surface area (Å²) in [5.74, 6) is 0.516. The normalized spacial score (nSPS) is 29.6. The predicted octanol–water partition coefficient (Wildman–Crippen LogP) is 0.135. The van der Waals surface area contributed by atoms with E-state index in [1.807, 2.05) is 4.90 Å². The van der Waals surface area contributed by atoms with Gasteiger partial charge in [-0.15, -0.1) is 0 Å². The summed E-state index contributed by atoms with van der Waals surface area (Å²) in [5.41, 5.74) is 1.76. The highest BCUT2D eigenvalue weighted by molar-refractivity contribution is 5.83. The molecular formula is C20H29N5O3. The Morgan fingerprint density at radius 3 is 2.61 bits per heavy atom. The molecule has 8 heteroatoms. The first-order valence-electron chi connectivity index (χ1n) is 10.6. The molecule has 3 aliphatic heterocycles. The van der Waals surface area contributed by atoms with Crippen molar-refractivity contribution in [3.63, 3.8) is 0 Å². The van der Waals surface area contributed by atoms with Gasteiger partial charge in [-0.2, -0.15) is 0 Å². The summed E-state index contributed by atoms with van der Waals surface area (Å²) in [4.78, 5) is 37.9. The van der Waals surface area contributed by atoms with Gasteiger partial charge in [-0.05, 0) is 32.1 Å². The second kappa shape index (κ2) is 6.84. The van der Waals surface area contributed by atoms with Gasteiger partial charge in [-0.25, -0.2) is 4.98 Å². The van der Waals surface area contributed by atoms with E-state index in [0.29, 0.717) is 26.1 Å². The Hall–Kier alpha value is -1.93. The van der Waals surface area contributed by atoms with Crippen molar-refractivity contribution in [1.29, 1.82) is 0 Å². The van der Waals surface area contributed by atoms with E-state index in [-0.39, 0.29) is 29.3 Å². The van der Waals surface area contributed by atoms with Crippen LogP contribution in [-0.4, -0.2) is 75.0 Å². The largest absolute Gasteiger partial charge is 0.392 e. The van der Waals surface area contributed by atoms with Crippen LogP contribution in [0.1, 0.15) is 49.9 Å². The molecule has 28 heavy (non-hydrogen) atoms. The topological polar surface area (TPSA) is 102 Å². The van der Waals surface area contributed by atoms with Gasteiger partial charge in [0.2, 0.25) is 11.8 Å². The number of imidazole rings is 1. The van der Waals surface area contributed by atoms with Crippen LogP contribution in [0.25, 0.3) is 0 Å². The first kappa shape index (κ1) is 18.1. The summed E-state index contributed by atoms with van der Waals surface area (Å²) in [6.45, 7) is 2.45. The molecule has 152 valence electrons. The molecule has 4 aliphatic rings. The molecule has 2 atom stereocenters. The third-order valence-corrected chi connectivity index (χ3v) is 7.29. The van der Waals surface area contributed by atoms with E-state index in [9.17, 15) is 14.7 Å². The van der Waals surface area contributed by atoms with Crippen molar-refractivity contribution in [3.05, 3.63) is 17.7 Å². The molecule has 1 aromatic rings. The Kier molecular flexibility index (Phi) is 4.43. The predicted molar refractivity (Wildman–Crippen MR) is 101 cm³/mol. The first-order chi connectivity index (χ1) is 13.6. The van der Waals surface area contributed by atoms with Gasteiger partial charge in [0, 0.05) is 44.2 Å². The number of nitrogens with one attached hydrogen (secondary N) is 2. The van der Waals surface area contributed by atoms with E-state index in [4.69, 9.17) is 0 Å². The van der Waals surface area contributed by atoms with Crippen molar-refractivity contribution in [3.8, 4) is 0 Å². The number of likely N-dealkylation sites (tertiary alicyclic amines) is 1. The number of carbonyl (C=O) groups excluding carboxylic acids is 2. The average Bonchev–Trinajstić information content (AvgIpc) is 3.30. The molecule has 0 radical (unpaired) electrons. The third kappa shape index (κ3) is 2.76. The summed E-state index contributed by atoms with van der Waals surface area (Å²) >= 11 is 0. The van der Waals surface area contributed by atoms with Crippen LogP contribution in [0.2, 0.25) is 0 Å². The maximum atomic E-state index is 13.2. The average molecular weight is 387 g/mol. The molecular weight excluding hydrogens is 358 g/mol. The molecule has 2 saturated heterocycles. The van der Waals surface area contributed by atoms with E-state index >= 15 is 0 Å². The SMILES string of the molecule is O=C([C@H]1C[C@H](O)CN1)N1CCC2(CC1)c1nc[nH]c1CCN2C(=O)C1CCC1. The summed E-state index contributed by atoms with van der Waals surface area (Å²) in [7, 11) is 0. The monoisotopic (exact) mass is 387 g/mol. The number of hydrogen-bond donors (Lipinski definition) is 3. The molecule has 5 rings (SSSR count). The number of carbonyl (C=O) groups is 2. The Labute approximate surface area is 164 Å². The molecule has 4 heterocycles. The second-order valence-electron chi connectivity index (χ2n) is 8.80. The summed E-state index contributed by atoms with van der Waals surface area (Å²) in [6, 6.07) is -0.288. The molecule has 3 N–H and O–H groups in total. The minimum Gasteiger partial charge on any atom is -0.392 e. The molecule has 8 nitrogen and oxygen atoms in total. The summed E-state index contributed by atoms with van der Waals surface area (Å²) in [6.07, 6.45) is 7.20. The Balaban J connectivity index is 1.36. The van der Waals surface area contributed by atoms with E-state index < -0.39 is 6.10 Å². The summed E-state index contributed by atoms with van der Waals surface area (Å²) in [5, 5.41) is 12.8. The van der Waals surface area contributed by atoms with E-state index in [1.54, 1.807) is 6.33 Å². The molecule has 1 spiro atoms. The molecule has 0 unspecified atom stereocenters. The maximum Gasteiger partial charge on any atom is 0.239 e. The van der Waals surface area contributed by atoms with Crippen LogP contribution in [0.5, 0.6) is 0 Å². The van der Waals surface area contributed by atoms with Gasteiger partial charge in [0.25, 0.3) is 0 Å². The number of β-amino-alcohol motifs (C(OH)–C–C–N with tert-alkyl or cyclic N) is 1. The Morgan fingerprint density at radius 2 is 1.96 bits per heavy atom. The zero-order chi connectivity index (χ0) is 19.3. The fraction of sp³-hybridized carbons (Fsp3) is 0.750. The number of rotatable bonds is 2. The number of aromatic amines is 1. The number of amides is 2. The van der Waals surface area contributed by atoms with Crippen LogP contribution in [0.15, 0.2) is 6.33 Å². The number of fused-ring (bicyclic) bond motifs is 2. The van der Waals surface area contributed by atoms with Crippen LogP contribution in [0.4, 0.5) is 0 Å². The van der Waals surface area contributed by atoms with Crippen LogP contribution < -0.4 is 5.32 Å². The van der Waals surface area contributed by atoms with Crippen LogP contribution >= 0.6 is 0 Å². The van der Waals surface area contributed by atoms with Gasteiger partial charge in [0.05, 0.1) is 29.7 Å². The van der Waals surface area contributed by atoms with Crippen molar-refractivity contribution >= 4 is 11.8 Å². The van der Waals surface area contributed by atoms with Crippen molar-refractivity contribution in [2.75, 3.05) is 26.2 Å². The first-order valence-corrected chi connectivity index (χ1v) is 10.6. The highest BCUT2D eigenvalue weighted by Gasteiger charge is 2.51. The third-order valence-electron chi connectivity index (χ3n) is 7.29. The van der Waals surface area contributed by atoms with E-state index in [1.165, 1.54) is 0 Å². The molecule has 3 fully saturated rings. The highest BCUT2D eigenvalue weighted by Crippen LogP contribution is 2.44. The lowest BCUT2D eigenvalue weighted by Crippen LogP contribution is -2.61. The minimum atomic E-state index is -0.439. The number of H-pyrrole nitrogens is 1. The number of piperidine rings is 1. The molecule has 0 bridgehead atoms. The zero-order valence-electron chi connectivity index (χ0n) is 16.2. The second-order valence-corrected chi connectivity index (χ2v) is 8.80. The Morgan fingerprint density at radius 1 is 1.18 bits per heavy atom. The maximum absolute atomic E-state index is 13.2. The molecule has 0 aromatic carbocycles. The van der Waals surface area contributed by atoms with Gasteiger partial charge in [0.1, 0.15) is 0 Å². The van der Waals surface area contributed by atoms with E-state index in [2.05, 4.69) is 20.2 Å². The van der Waals surface area contributed by atoms with Crippen molar-refractivity contribution in [1.82, 2.24) is 25.1 Å². The van der Waals surface area contributed by atoms with Crippen molar-refractivity contribution in [2.45, 2.75) is 62.6 Å². The Bertz CT molecular complexity index is 766. The van der Waals surface area contributed by atoms with Gasteiger partial charge < -0.3 is 25.2 Å². The minimum absolute atomic E-state index is 0.0707. The van der Waals surface area contributed by atoms with Gasteiger partial charge in [0.15, 0.2) is 0 Å². The smallest absolute Gasteiger partial charge is 0.239 e. The number of hydrogen-bond acceptors (Lipinski definition) is 5. The lowest BCUT2D eigenvalue weighted by Gasteiger charge is -2.52. The van der Waals surface area contributed by atoms with Crippen molar-refractivity contribution in [2.24, 2.45) is 5.92 Å². The quantitative estimate of drug-likeness (QED) is 0.670. The molecule has 1 aliphatic carbocycles. The lowest BCUT2D eigenvalue weighted by atomic mass is 9.76. The highest BCUT2D eigenvalue weighted by atomic mass is 16.3. The standard InChI is InChI=1S/C20H29N5O3/c26-14-10-16(21-11-14)19(28)24-8-5-20(6-9-24)17-15(22-12-23-17)4-7-25(20)18(27)13-2-1-3-13/h12-14,16,21,26H,1-11H2,(H,22,23)/t14-,16+/m0/s1. The van der Waals surface area contributed by atoms with Crippen LogP contribution in [0, 0.1) is 5.92 Å². The zero-order valence-corrected chi connectivity index (χ0v) is 16.2. The van der Waals surface area contributed by atoms with E-state index in [0.717, 1.165) is 56.5 Å². The fourth-order valence-electron chi connectivity index (χ4n) is 5.40. The molecule has 2 amide bonds. The summed E-state index contributed by atoms with van der Waals surface area (Å²) < 4.78 is 0. The van der Waals surface area contributed by atoms with Crippen LogP contribution in [0.3, 0.4) is 0 Å². The lowest BCUT2D eigenvalue weighted by molar-refractivity contribution is -0.151. The molecule has 1 saturated carbocycles. The van der Waals surface area contributed by atoms with Gasteiger partial charge in [-0.1, -0.05) is 6.42 Å².